The standard InChI is InChI=1S/C22H20N4O6S2/c27-20(23-16-8-10-17(11-9-16)25(29)30)7-2-1-3-12-24-21(28)19(34-22(24)33)14-15-5-4-6-18(13-15)26(31)32/h4-6,8-11,13-14H,1-3,7,12H2,(H,23,27)/b19-14-. The summed E-state index contributed by atoms with van der Waals surface area (Å²) in [6.45, 7) is 0.418. The number of rotatable bonds is 10. The summed E-state index contributed by atoms with van der Waals surface area (Å²) in [5.74, 6) is -0.434. The first-order valence-electron chi connectivity index (χ1n) is 10.3. The molecule has 1 saturated heterocycles. The lowest BCUT2D eigenvalue weighted by Gasteiger charge is -2.14. The van der Waals surface area contributed by atoms with Gasteiger partial charge < -0.3 is 5.32 Å². The summed E-state index contributed by atoms with van der Waals surface area (Å²) in [4.78, 5) is 47.3. The highest BCUT2D eigenvalue weighted by molar-refractivity contribution is 8.26. The molecule has 0 atom stereocenters. The molecule has 12 heteroatoms. The summed E-state index contributed by atoms with van der Waals surface area (Å²) in [5, 5.41) is 24.3. The molecule has 0 unspecified atom stereocenters. The number of nitro groups is 2. The van der Waals surface area contributed by atoms with Crippen molar-refractivity contribution in [3.8, 4) is 0 Å². The first kappa shape index (κ1) is 25.0. The number of amides is 2. The van der Waals surface area contributed by atoms with Crippen molar-refractivity contribution in [3.05, 3.63) is 79.2 Å². The van der Waals surface area contributed by atoms with Gasteiger partial charge in [0.25, 0.3) is 17.3 Å². The Hall–Kier alpha value is -3.64. The highest BCUT2D eigenvalue weighted by Gasteiger charge is 2.31. The SMILES string of the molecule is O=C(CCCCCN1C(=O)/C(=C/c2cccc([N+](=O)[O-])c2)SC1=S)Nc1ccc([N+](=O)[O-])cc1. The maximum atomic E-state index is 12.7. The fourth-order valence-corrected chi connectivity index (χ4v) is 4.50. The van der Waals surface area contributed by atoms with Crippen LogP contribution in [0.2, 0.25) is 0 Å². The largest absolute Gasteiger partial charge is 0.326 e. The topological polar surface area (TPSA) is 136 Å². The molecular weight excluding hydrogens is 480 g/mol. The smallest absolute Gasteiger partial charge is 0.270 e. The van der Waals surface area contributed by atoms with Crippen molar-refractivity contribution in [2.45, 2.75) is 25.7 Å². The molecule has 0 bridgehead atoms. The molecule has 0 saturated carbocycles. The highest BCUT2D eigenvalue weighted by Crippen LogP contribution is 2.33. The minimum absolute atomic E-state index is 0.0476. The molecule has 34 heavy (non-hydrogen) atoms. The molecule has 1 aliphatic heterocycles. The summed E-state index contributed by atoms with van der Waals surface area (Å²) in [6.07, 6.45) is 3.84. The average molecular weight is 501 g/mol. The predicted molar refractivity (Wildman–Crippen MR) is 133 cm³/mol. The van der Waals surface area contributed by atoms with Crippen molar-refractivity contribution in [2.24, 2.45) is 0 Å². The van der Waals surface area contributed by atoms with Crippen LogP contribution in [0.3, 0.4) is 0 Å². The van der Waals surface area contributed by atoms with E-state index in [9.17, 15) is 29.8 Å². The van der Waals surface area contributed by atoms with Gasteiger partial charge in [-0.05, 0) is 36.6 Å². The van der Waals surface area contributed by atoms with E-state index < -0.39 is 9.85 Å². The maximum absolute atomic E-state index is 12.7. The van der Waals surface area contributed by atoms with Gasteiger partial charge >= 0.3 is 0 Å². The van der Waals surface area contributed by atoms with E-state index in [1.54, 1.807) is 18.2 Å². The number of nitrogens with one attached hydrogen (secondary N) is 1. The van der Waals surface area contributed by atoms with Crippen LogP contribution >= 0.6 is 24.0 Å². The Morgan fingerprint density at radius 3 is 2.41 bits per heavy atom. The number of unbranched alkanes of at least 4 members (excludes halogenated alkanes) is 2. The lowest BCUT2D eigenvalue weighted by atomic mass is 10.1. The number of nitrogens with zero attached hydrogens (tertiary/aromatic N) is 3. The second-order valence-corrected chi connectivity index (χ2v) is 9.02. The normalized spacial score (nSPS) is 14.5. The second kappa shape index (κ2) is 11.5. The number of carbonyl (C=O) groups excluding carboxylic acids is 2. The summed E-state index contributed by atoms with van der Waals surface area (Å²) in [7, 11) is 0. The summed E-state index contributed by atoms with van der Waals surface area (Å²) in [5.41, 5.74) is 0.938. The van der Waals surface area contributed by atoms with Gasteiger partial charge in [0, 0.05) is 42.9 Å². The molecule has 1 heterocycles. The third-order valence-electron chi connectivity index (χ3n) is 4.90. The Labute approximate surface area is 204 Å². The molecule has 1 aliphatic rings. The van der Waals surface area contributed by atoms with Gasteiger partial charge in [-0.15, -0.1) is 0 Å². The van der Waals surface area contributed by atoms with Crippen molar-refractivity contribution in [3.63, 3.8) is 0 Å². The predicted octanol–water partition coefficient (Wildman–Crippen LogP) is 4.90. The number of anilines is 1. The molecule has 10 nitrogen and oxygen atoms in total. The van der Waals surface area contributed by atoms with Crippen LogP contribution in [-0.2, 0) is 9.59 Å². The van der Waals surface area contributed by atoms with Crippen LogP contribution in [0.5, 0.6) is 0 Å². The van der Waals surface area contributed by atoms with E-state index in [0.717, 1.165) is 11.8 Å². The highest BCUT2D eigenvalue weighted by atomic mass is 32.2. The molecule has 1 N–H and O–H groups in total. The van der Waals surface area contributed by atoms with Crippen molar-refractivity contribution >= 4 is 63.3 Å². The third kappa shape index (κ3) is 6.68. The van der Waals surface area contributed by atoms with Crippen molar-refractivity contribution in [2.75, 3.05) is 11.9 Å². The first-order valence-corrected chi connectivity index (χ1v) is 11.5. The molecule has 176 valence electrons. The molecule has 0 aromatic heterocycles. The van der Waals surface area contributed by atoms with Gasteiger partial charge in [-0.1, -0.05) is 42.5 Å². The average Bonchev–Trinajstić information content (AvgIpc) is 3.06. The van der Waals surface area contributed by atoms with Gasteiger partial charge in [-0.3, -0.25) is 34.7 Å². The number of carbonyl (C=O) groups is 2. The molecule has 0 spiro atoms. The van der Waals surface area contributed by atoms with Gasteiger partial charge in [0.2, 0.25) is 5.91 Å². The maximum Gasteiger partial charge on any atom is 0.270 e. The van der Waals surface area contributed by atoms with E-state index in [4.69, 9.17) is 12.2 Å². The quantitative estimate of drug-likeness (QED) is 0.160. The fourth-order valence-electron chi connectivity index (χ4n) is 3.19. The molecule has 3 rings (SSSR count). The zero-order valence-corrected chi connectivity index (χ0v) is 19.5. The van der Waals surface area contributed by atoms with Crippen molar-refractivity contribution in [1.29, 1.82) is 0 Å². The zero-order valence-electron chi connectivity index (χ0n) is 17.8. The van der Waals surface area contributed by atoms with E-state index in [-0.39, 0.29) is 29.6 Å². The van der Waals surface area contributed by atoms with E-state index in [0.29, 0.717) is 46.3 Å². The van der Waals surface area contributed by atoms with Gasteiger partial charge in [0.1, 0.15) is 4.32 Å². The number of nitro benzene ring substituents is 2. The van der Waals surface area contributed by atoms with Crippen LogP contribution in [0.15, 0.2) is 53.4 Å². The number of benzene rings is 2. The Kier molecular flexibility index (Phi) is 8.44. The Morgan fingerprint density at radius 1 is 1.03 bits per heavy atom. The summed E-state index contributed by atoms with van der Waals surface area (Å²) in [6, 6.07) is 11.6. The molecule has 2 aromatic rings. The Morgan fingerprint density at radius 2 is 1.74 bits per heavy atom. The van der Waals surface area contributed by atoms with E-state index in [1.807, 2.05) is 0 Å². The summed E-state index contributed by atoms with van der Waals surface area (Å²) >= 11 is 6.46. The minimum atomic E-state index is -0.507. The zero-order chi connectivity index (χ0) is 24.7. The third-order valence-corrected chi connectivity index (χ3v) is 6.28. The lowest BCUT2D eigenvalue weighted by molar-refractivity contribution is -0.385. The second-order valence-electron chi connectivity index (χ2n) is 7.35. The summed E-state index contributed by atoms with van der Waals surface area (Å²) < 4.78 is 0.428. The molecule has 2 aromatic carbocycles. The van der Waals surface area contributed by atoms with Gasteiger partial charge in [0.05, 0.1) is 14.8 Å². The van der Waals surface area contributed by atoms with Gasteiger partial charge in [-0.2, -0.15) is 0 Å². The van der Waals surface area contributed by atoms with Crippen molar-refractivity contribution in [1.82, 2.24) is 4.90 Å². The van der Waals surface area contributed by atoms with Crippen molar-refractivity contribution < 1.29 is 19.4 Å². The van der Waals surface area contributed by atoms with Gasteiger partial charge in [0.15, 0.2) is 0 Å². The molecular formula is C22H20N4O6S2. The number of hydrogen-bond acceptors (Lipinski definition) is 8. The fraction of sp³-hybridized carbons (Fsp3) is 0.227. The van der Waals surface area contributed by atoms with E-state index in [1.165, 1.54) is 41.3 Å². The van der Waals surface area contributed by atoms with E-state index in [2.05, 4.69) is 5.32 Å². The van der Waals surface area contributed by atoms with Gasteiger partial charge in [-0.25, -0.2) is 0 Å². The Bertz CT molecular complexity index is 1170. The Balaban J connectivity index is 1.43. The lowest BCUT2D eigenvalue weighted by Crippen LogP contribution is -2.29. The van der Waals surface area contributed by atoms with Crippen LogP contribution in [0.25, 0.3) is 6.08 Å². The van der Waals surface area contributed by atoms with Crippen LogP contribution in [-0.4, -0.2) is 37.4 Å². The van der Waals surface area contributed by atoms with Crippen LogP contribution in [0, 0.1) is 20.2 Å². The van der Waals surface area contributed by atoms with E-state index >= 15 is 0 Å². The minimum Gasteiger partial charge on any atom is -0.326 e. The number of thioether (sulfide) groups is 1. The number of hydrogen-bond donors (Lipinski definition) is 1. The molecule has 0 radical (unpaired) electrons. The molecule has 2 amide bonds. The number of thiocarbonyl (C=S) groups is 1. The molecule has 0 aliphatic carbocycles. The monoisotopic (exact) mass is 500 g/mol. The first-order chi connectivity index (χ1) is 16.2. The number of non-ortho nitro benzene ring substituents is 2. The van der Waals surface area contributed by atoms with Crippen LogP contribution in [0.4, 0.5) is 17.1 Å². The molecule has 1 fully saturated rings. The van der Waals surface area contributed by atoms with Crippen LogP contribution < -0.4 is 5.32 Å². The van der Waals surface area contributed by atoms with Crippen LogP contribution in [0.1, 0.15) is 31.2 Å².